The lowest BCUT2D eigenvalue weighted by atomic mass is 10.1. The molecule has 3 rings (SSSR count). The van der Waals surface area contributed by atoms with E-state index in [1.165, 1.54) is 24.5 Å². The molecule has 1 aromatic carbocycles. The van der Waals surface area contributed by atoms with Crippen molar-refractivity contribution in [3.8, 4) is 5.88 Å². The second-order valence-electron chi connectivity index (χ2n) is 4.59. The average Bonchev–Trinajstić information content (AvgIpc) is 2.97. The highest BCUT2D eigenvalue weighted by Gasteiger charge is 2.16. The largest absolute Gasteiger partial charge is 0.472 e. The van der Waals surface area contributed by atoms with Crippen LogP contribution in [0.3, 0.4) is 0 Å². The van der Waals surface area contributed by atoms with Crippen molar-refractivity contribution in [1.29, 1.82) is 0 Å². The zero-order chi connectivity index (χ0) is 15.5. The molecule has 0 aliphatic rings. The molecule has 0 fully saturated rings. The van der Waals surface area contributed by atoms with Crippen LogP contribution in [0, 0.1) is 5.82 Å². The van der Waals surface area contributed by atoms with E-state index in [0.717, 1.165) is 0 Å². The van der Waals surface area contributed by atoms with Crippen molar-refractivity contribution in [2.75, 3.05) is 0 Å². The van der Waals surface area contributed by atoms with Gasteiger partial charge in [-0.15, -0.1) is 0 Å². The molecule has 3 aromatic rings. The first-order valence-electron chi connectivity index (χ1n) is 6.55. The van der Waals surface area contributed by atoms with Gasteiger partial charge in [0, 0.05) is 6.20 Å². The molecule has 0 bridgehead atoms. The van der Waals surface area contributed by atoms with E-state index in [1.54, 1.807) is 18.3 Å². The molecule has 0 unspecified atom stereocenters. The molecular weight excluding hydrogens is 285 g/mol. The van der Waals surface area contributed by atoms with Gasteiger partial charge in [-0.2, -0.15) is 0 Å². The fourth-order valence-corrected chi connectivity index (χ4v) is 2.13. The summed E-state index contributed by atoms with van der Waals surface area (Å²) in [5.74, 6) is -0.324. The minimum absolute atomic E-state index is 0.136. The van der Waals surface area contributed by atoms with Gasteiger partial charge in [0.05, 0.1) is 10.9 Å². The summed E-state index contributed by atoms with van der Waals surface area (Å²) in [5, 5.41) is 0.490. The molecule has 1 N–H and O–H groups in total. The topological polar surface area (TPSA) is 67.9 Å². The van der Waals surface area contributed by atoms with Gasteiger partial charge in [0.25, 0.3) is 0 Å². The Balaban J connectivity index is 1.95. The number of nitrogens with one attached hydrogen (secondary N) is 1. The van der Waals surface area contributed by atoms with Crippen molar-refractivity contribution in [2.45, 2.75) is 6.61 Å². The van der Waals surface area contributed by atoms with Crippen molar-refractivity contribution >= 4 is 16.8 Å². The lowest BCUT2D eigenvalue weighted by molar-refractivity contribution is 0.104. The molecule has 0 saturated carbocycles. The molecule has 0 spiro atoms. The number of hydrogen-bond donors (Lipinski definition) is 1. The number of aromatic nitrogens is 3. The summed E-state index contributed by atoms with van der Waals surface area (Å²) in [4.78, 5) is 22.9. The van der Waals surface area contributed by atoms with Crippen LogP contribution in [0.2, 0.25) is 0 Å². The highest BCUT2D eigenvalue weighted by molar-refractivity contribution is 6.13. The number of ether oxygens (including phenoxy) is 1. The predicted molar refractivity (Wildman–Crippen MR) is 79.1 cm³/mol. The molecule has 0 aliphatic heterocycles. The maximum Gasteiger partial charge on any atom is 0.227 e. The lowest BCUT2D eigenvalue weighted by Gasteiger charge is -2.07. The lowest BCUT2D eigenvalue weighted by Crippen LogP contribution is -2.00. The van der Waals surface area contributed by atoms with Gasteiger partial charge in [-0.3, -0.25) is 4.79 Å². The summed E-state index contributed by atoms with van der Waals surface area (Å²) in [6.45, 7) is 3.61. The molecule has 0 saturated heterocycles. The number of aromatic amines is 1. The van der Waals surface area contributed by atoms with Gasteiger partial charge in [0.2, 0.25) is 5.88 Å². The number of ketones is 1. The van der Waals surface area contributed by atoms with Crippen molar-refractivity contribution in [3.05, 3.63) is 66.4 Å². The number of H-pyrrole nitrogens is 1. The minimum Gasteiger partial charge on any atom is -0.472 e. The predicted octanol–water partition coefficient (Wildman–Crippen LogP) is 3.04. The van der Waals surface area contributed by atoms with E-state index < -0.39 is 0 Å². The van der Waals surface area contributed by atoms with Gasteiger partial charge in [-0.1, -0.05) is 18.7 Å². The summed E-state index contributed by atoms with van der Waals surface area (Å²) in [6, 6.07) is 6.09. The second kappa shape index (κ2) is 5.77. The monoisotopic (exact) mass is 297 g/mol. The van der Waals surface area contributed by atoms with Crippen molar-refractivity contribution < 1.29 is 13.9 Å². The Morgan fingerprint density at radius 2 is 2.27 bits per heavy atom. The third kappa shape index (κ3) is 2.58. The number of fused-ring (bicyclic) bond motifs is 1. The van der Waals surface area contributed by atoms with E-state index >= 15 is 0 Å². The molecular formula is C16H12FN3O2. The van der Waals surface area contributed by atoms with E-state index in [0.29, 0.717) is 22.2 Å². The summed E-state index contributed by atoms with van der Waals surface area (Å²) < 4.78 is 18.8. The Bertz CT molecular complexity index is 857. The molecule has 2 heterocycles. The van der Waals surface area contributed by atoms with Crippen LogP contribution in [0.4, 0.5) is 4.39 Å². The maximum atomic E-state index is 13.2. The minimum atomic E-state index is -0.335. The Morgan fingerprint density at radius 1 is 1.41 bits per heavy atom. The van der Waals surface area contributed by atoms with Crippen LogP contribution in [0.1, 0.15) is 15.9 Å². The van der Waals surface area contributed by atoms with E-state index in [1.807, 2.05) is 0 Å². The van der Waals surface area contributed by atoms with Crippen LogP contribution in [0.25, 0.3) is 11.0 Å². The molecule has 0 atom stereocenters. The number of rotatable bonds is 5. The van der Waals surface area contributed by atoms with E-state index in [9.17, 15) is 9.18 Å². The zero-order valence-corrected chi connectivity index (χ0v) is 11.5. The van der Waals surface area contributed by atoms with Gasteiger partial charge in [0.1, 0.15) is 24.4 Å². The number of benzene rings is 1. The summed E-state index contributed by atoms with van der Waals surface area (Å²) in [5.41, 5.74) is 1.55. The number of hydrogen-bond acceptors (Lipinski definition) is 4. The third-order valence-electron chi connectivity index (χ3n) is 3.15. The average molecular weight is 297 g/mol. The van der Waals surface area contributed by atoms with Crippen molar-refractivity contribution in [2.24, 2.45) is 0 Å². The Hall–Kier alpha value is -3.02. The highest BCUT2D eigenvalue weighted by Crippen LogP contribution is 2.26. The zero-order valence-electron chi connectivity index (χ0n) is 11.5. The molecule has 2 aromatic heterocycles. The molecule has 0 radical (unpaired) electrons. The SMILES string of the molecule is C=CC(=O)c1c[nH]c2ncnc(OCc3cccc(F)c3)c12. The summed E-state index contributed by atoms with van der Waals surface area (Å²) in [7, 11) is 0. The number of carbonyl (C=O) groups excluding carboxylic acids is 1. The Morgan fingerprint density at radius 3 is 3.05 bits per heavy atom. The molecule has 22 heavy (non-hydrogen) atoms. The fourth-order valence-electron chi connectivity index (χ4n) is 2.13. The smallest absolute Gasteiger partial charge is 0.227 e. The fraction of sp³-hybridized carbons (Fsp3) is 0.0625. The molecule has 110 valence electrons. The van der Waals surface area contributed by atoms with Crippen molar-refractivity contribution in [1.82, 2.24) is 15.0 Å². The van der Waals surface area contributed by atoms with Crippen LogP contribution in [-0.2, 0) is 6.61 Å². The Labute approximate surface area is 125 Å². The second-order valence-corrected chi connectivity index (χ2v) is 4.59. The number of nitrogens with zero attached hydrogens (tertiary/aromatic N) is 2. The van der Waals surface area contributed by atoms with E-state index in [4.69, 9.17) is 4.74 Å². The number of halogens is 1. The quantitative estimate of drug-likeness (QED) is 0.580. The van der Waals surface area contributed by atoms with Crippen LogP contribution < -0.4 is 4.74 Å². The molecule has 6 heteroatoms. The van der Waals surface area contributed by atoms with Gasteiger partial charge in [0.15, 0.2) is 5.78 Å². The summed E-state index contributed by atoms with van der Waals surface area (Å²) in [6.07, 6.45) is 4.09. The van der Waals surface area contributed by atoms with Gasteiger partial charge in [-0.25, -0.2) is 14.4 Å². The first-order valence-corrected chi connectivity index (χ1v) is 6.55. The van der Waals surface area contributed by atoms with Crippen LogP contribution >= 0.6 is 0 Å². The van der Waals surface area contributed by atoms with Crippen LogP contribution in [-0.4, -0.2) is 20.7 Å². The maximum absolute atomic E-state index is 13.2. The van der Waals surface area contributed by atoms with E-state index in [-0.39, 0.29) is 24.1 Å². The first kappa shape index (κ1) is 13.9. The number of allylic oxidation sites excluding steroid dienone is 1. The molecule has 0 aliphatic carbocycles. The van der Waals surface area contributed by atoms with Crippen LogP contribution in [0.15, 0.2) is 49.4 Å². The number of carbonyl (C=O) groups is 1. The standard InChI is InChI=1S/C16H12FN3O2/c1-2-13(21)12-7-18-15-14(12)16(20-9-19-15)22-8-10-4-3-5-11(17)6-10/h2-7,9H,1,8H2,(H,18,19,20). The van der Waals surface area contributed by atoms with E-state index in [2.05, 4.69) is 21.5 Å². The van der Waals surface area contributed by atoms with Crippen molar-refractivity contribution in [3.63, 3.8) is 0 Å². The molecule has 0 amide bonds. The molecule has 5 nitrogen and oxygen atoms in total. The highest BCUT2D eigenvalue weighted by atomic mass is 19.1. The van der Waals surface area contributed by atoms with Crippen LogP contribution in [0.5, 0.6) is 5.88 Å². The Kier molecular flexibility index (Phi) is 3.65. The third-order valence-corrected chi connectivity index (χ3v) is 3.15. The summed E-state index contributed by atoms with van der Waals surface area (Å²) >= 11 is 0. The first-order chi connectivity index (χ1) is 10.7. The van der Waals surface area contributed by atoms with Gasteiger partial charge in [-0.05, 0) is 23.8 Å². The van der Waals surface area contributed by atoms with Gasteiger partial charge >= 0.3 is 0 Å². The normalized spacial score (nSPS) is 10.6. The van der Waals surface area contributed by atoms with Gasteiger partial charge < -0.3 is 9.72 Å².